The maximum Gasteiger partial charge on any atom is 0.242 e. The van der Waals surface area contributed by atoms with Gasteiger partial charge in [-0.3, -0.25) is 4.98 Å². The van der Waals surface area contributed by atoms with Crippen LogP contribution in [0.25, 0.3) is 10.9 Å². The van der Waals surface area contributed by atoms with Crippen LogP contribution < -0.4 is 10.0 Å². The molecule has 1 heterocycles. The summed E-state index contributed by atoms with van der Waals surface area (Å²) < 4.78 is 32.1. The van der Waals surface area contributed by atoms with Gasteiger partial charge in [0.25, 0.3) is 0 Å². The van der Waals surface area contributed by atoms with Crippen LogP contribution in [0.1, 0.15) is 0 Å². The number of hydrogen-bond donors (Lipinski definition) is 2. The highest BCUT2D eigenvalue weighted by molar-refractivity contribution is 7.89. The number of nitrogens with zero attached hydrogens (tertiary/aromatic N) is 1. The summed E-state index contributed by atoms with van der Waals surface area (Å²) in [6.07, 6.45) is 1.59. The van der Waals surface area contributed by atoms with Crippen molar-refractivity contribution < 1.29 is 13.2 Å². The molecule has 0 fully saturated rings. The van der Waals surface area contributed by atoms with Gasteiger partial charge in [0.1, 0.15) is 4.90 Å². The number of para-hydroxylation sites is 1. The Kier molecular flexibility index (Phi) is 7.70. The maximum atomic E-state index is 12.3. The topological polar surface area (TPSA) is 80.3 Å². The second kappa shape index (κ2) is 9.02. The first kappa shape index (κ1) is 18.8. The molecule has 22 heavy (non-hydrogen) atoms. The molecule has 8 heteroatoms. The van der Waals surface area contributed by atoms with E-state index in [1.807, 2.05) is 12.1 Å². The minimum absolute atomic E-state index is 0. The highest BCUT2D eigenvalue weighted by Gasteiger charge is 2.17. The lowest BCUT2D eigenvalue weighted by Gasteiger charge is -2.09. The molecular weight excluding hydrogens is 326 g/mol. The SMILES string of the molecule is COCCNCCNS(=O)(=O)c1cccc2cccnc12.Cl. The summed E-state index contributed by atoms with van der Waals surface area (Å²) in [4.78, 5) is 4.37. The first-order valence-electron chi connectivity index (χ1n) is 6.68. The van der Waals surface area contributed by atoms with Crippen molar-refractivity contribution in [2.75, 3.05) is 33.4 Å². The fourth-order valence-electron chi connectivity index (χ4n) is 1.94. The number of rotatable bonds is 8. The molecule has 122 valence electrons. The van der Waals surface area contributed by atoms with Crippen molar-refractivity contribution in [3.8, 4) is 0 Å². The van der Waals surface area contributed by atoms with Crippen LogP contribution in [0.2, 0.25) is 0 Å². The van der Waals surface area contributed by atoms with E-state index in [2.05, 4.69) is 15.0 Å². The van der Waals surface area contributed by atoms with E-state index in [4.69, 9.17) is 4.74 Å². The minimum atomic E-state index is -3.56. The Labute approximate surface area is 136 Å². The molecule has 0 spiro atoms. The van der Waals surface area contributed by atoms with Crippen molar-refractivity contribution in [1.29, 1.82) is 0 Å². The van der Waals surface area contributed by atoms with E-state index in [0.29, 0.717) is 31.8 Å². The van der Waals surface area contributed by atoms with Gasteiger partial charge >= 0.3 is 0 Å². The molecule has 1 aromatic heterocycles. The van der Waals surface area contributed by atoms with Gasteiger partial charge in [-0.25, -0.2) is 13.1 Å². The summed E-state index contributed by atoms with van der Waals surface area (Å²) in [7, 11) is -1.94. The second-order valence-electron chi connectivity index (χ2n) is 4.47. The number of hydrogen-bond acceptors (Lipinski definition) is 5. The molecular formula is C14H20ClN3O3S. The van der Waals surface area contributed by atoms with Gasteiger partial charge in [0.05, 0.1) is 12.1 Å². The molecule has 2 rings (SSSR count). The van der Waals surface area contributed by atoms with E-state index in [9.17, 15) is 8.42 Å². The number of pyridine rings is 1. The highest BCUT2D eigenvalue weighted by atomic mass is 35.5. The van der Waals surface area contributed by atoms with E-state index in [-0.39, 0.29) is 17.3 Å². The van der Waals surface area contributed by atoms with Gasteiger partial charge < -0.3 is 10.1 Å². The number of benzene rings is 1. The average Bonchev–Trinajstić information content (AvgIpc) is 2.50. The predicted octanol–water partition coefficient (Wildman–Crippen LogP) is 1.17. The number of ether oxygens (including phenoxy) is 1. The quantitative estimate of drug-likeness (QED) is 0.702. The number of aromatic nitrogens is 1. The van der Waals surface area contributed by atoms with Gasteiger partial charge in [0.2, 0.25) is 10.0 Å². The summed E-state index contributed by atoms with van der Waals surface area (Å²) in [6, 6.07) is 8.75. The summed E-state index contributed by atoms with van der Waals surface area (Å²) in [5.74, 6) is 0. The third-order valence-corrected chi connectivity index (χ3v) is 4.45. The van der Waals surface area contributed by atoms with Gasteiger partial charge in [-0.15, -0.1) is 12.4 Å². The number of nitrogens with one attached hydrogen (secondary N) is 2. The summed E-state index contributed by atoms with van der Waals surface area (Å²) >= 11 is 0. The Morgan fingerprint density at radius 1 is 1.14 bits per heavy atom. The van der Waals surface area contributed by atoms with Gasteiger partial charge in [-0.1, -0.05) is 18.2 Å². The van der Waals surface area contributed by atoms with E-state index < -0.39 is 10.0 Å². The molecule has 2 aromatic rings. The van der Waals surface area contributed by atoms with Gasteiger partial charge in [-0.2, -0.15) is 0 Å². The Morgan fingerprint density at radius 3 is 2.68 bits per heavy atom. The lowest BCUT2D eigenvalue weighted by Crippen LogP contribution is -2.33. The third-order valence-electron chi connectivity index (χ3n) is 2.96. The summed E-state index contributed by atoms with van der Waals surface area (Å²) in [5, 5.41) is 3.88. The fraction of sp³-hybridized carbons (Fsp3) is 0.357. The fourth-order valence-corrected chi connectivity index (χ4v) is 3.15. The van der Waals surface area contributed by atoms with Crippen molar-refractivity contribution in [3.63, 3.8) is 0 Å². The van der Waals surface area contributed by atoms with Crippen molar-refractivity contribution in [2.24, 2.45) is 0 Å². The van der Waals surface area contributed by atoms with Gasteiger partial charge in [-0.05, 0) is 12.1 Å². The Hall–Kier alpha value is -1.25. The smallest absolute Gasteiger partial charge is 0.242 e. The number of fused-ring (bicyclic) bond motifs is 1. The van der Waals surface area contributed by atoms with Crippen LogP contribution in [-0.2, 0) is 14.8 Å². The molecule has 0 unspecified atom stereocenters. The lowest BCUT2D eigenvalue weighted by atomic mass is 10.2. The highest BCUT2D eigenvalue weighted by Crippen LogP contribution is 2.20. The van der Waals surface area contributed by atoms with Crippen LogP contribution in [0.3, 0.4) is 0 Å². The molecule has 0 saturated heterocycles. The van der Waals surface area contributed by atoms with Gasteiger partial charge in [0, 0.05) is 38.3 Å². The van der Waals surface area contributed by atoms with Crippen LogP contribution in [0.5, 0.6) is 0 Å². The number of methoxy groups -OCH3 is 1. The molecule has 2 N–H and O–H groups in total. The Morgan fingerprint density at radius 2 is 1.91 bits per heavy atom. The van der Waals surface area contributed by atoms with Crippen molar-refractivity contribution in [2.45, 2.75) is 4.90 Å². The minimum Gasteiger partial charge on any atom is -0.383 e. The maximum absolute atomic E-state index is 12.3. The predicted molar refractivity (Wildman–Crippen MR) is 88.9 cm³/mol. The molecule has 1 aromatic carbocycles. The van der Waals surface area contributed by atoms with Crippen LogP contribution in [0, 0.1) is 0 Å². The first-order valence-corrected chi connectivity index (χ1v) is 8.16. The Bertz CT molecular complexity index is 689. The lowest BCUT2D eigenvalue weighted by molar-refractivity contribution is 0.199. The molecule has 0 aliphatic heterocycles. The molecule has 6 nitrogen and oxygen atoms in total. The standard InChI is InChI=1S/C14H19N3O3S.ClH/c1-20-11-10-15-8-9-17-21(18,19)13-6-2-4-12-5-3-7-16-14(12)13;/h2-7,15,17H,8-11H2,1H3;1H. The first-order chi connectivity index (χ1) is 10.1. The molecule has 0 amide bonds. The molecule has 0 bridgehead atoms. The van der Waals surface area contributed by atoms with Crippen molar-refractivity contribution in [1.82, 2.24) is 15.0 Å². The zero-order valence-electron chi connectivity index (χ0n) is 12.3. The zero-order chi connectivity index (χ0) is 15.1. The van der Waals surface area contributed by atoms with E-state index >= 15 is 0 Å². The van der Waals surface area contributed by atoms with E-state index in [1.54, 1.807) is 31.5 Å². The van der Waals surface area contributed by atoms with E-state index in [0.717, 1.165) is 5.39 Å². The monoisotopic (exact) mass is 345 g/mol. The molecule has 0 aliphatic carbocycles. The normalized spacial score (nSPS) is 11.3. The van der Waals surface area contributed by atoms with Crippen molar-refractivity contribution >= 4 is 33.3 Å². The van der Waals surface area contributed by atoms with Crippen molar-refractivity contribution in [3.05, 3.63) is 36.5 Å². The summed E-state index contributed by atoms with van der Waals surface area (Å²) in [5.41, 5.74) is 0.486. The third kappa shape index (κ3) is 4.89. The van der Waals surface area contributed by atoms with E-state index in [1.165, 1.54) is 0 Å². The van der Waals surface area contributed by atoms with Crippen LogP contribution >= 0.6 is 12.4 Å². The molecule has 0 aliphatic rings. The van der Waals surface area contributed by atoms with Crippen LogP contribution in [0.4, 0.5) is 0 Å². The molecule has 0 radical (unpaired) electrons. The van der Waals surface area contributed by atoms with Crippen LogP contribution in [0.15, 0.2) is 41.4 Å². The molecule has 0 atom stereocenters. The largest absolute Gasteiger partial charge is 0.383 e. The second-order valence-corrected chi connectivity index (χ2v) is 6.21. The number of sulfonamides is 1. The average molecular weight is 346 g/mol. The Balaban J connectivity index is 0.00000242. The molecule has 0 saturated carbocycles. The van der Waals surface area contributed by atoms with Gasteiger partial charge in [0.15, 0.2) is 0 Å². The van der Waals surface area contributed by atoms with Crippen LogP contribution in [-0.4, -0.2) is 46.8 Å². The summed E-state index contributed by atoms with van der Waals surface area (Å²) in [6.45, 7) is 2.14. The zero-order valence-corrected chi connectivity index (χ0v) is 13.9. The number of halogens is 1.